The zero-order valence-electron chi connectivity index (χ0n) is 11.3. The third-order valence-electron chi connectivity index (χ3n) is 3.16. The van der Waals surface area contributed by atoms with Crippen LogP contribution < -0.4 is 5.32 Å². The molecule has 1 unspecified atom stereocenters. The normalized spacial score (nSPS) is 12.9. The first-order valence-electron chi connectivity index (χ1n) is 6.55. The van der Waals surface area contributed by atoms with E-state index < -0.39 is 0 Å². The minimum Gasteiger partial charge on any atom is -0.317 e. The van der Waals surface area contributed by atoms with Crippen molar-refractivity contribution in [3.05, 3.63) is 30.1 Å². The van der Waals surface area contributed by atoms with Crippen LogP contribution >= 0.6 is 0 Å². The molecule has 0 saturated heterocycles. The van der Waals surface area contributed by atoms with Crippen molar-refractivity contribution in [1.82, 2.24) is 15.2 Å². The van der Waals surface area contributed by atoms with Crippen molar-refractivity contribution in [2.24, 2.45) is 0 Å². The van der Waals surface area contributed by atoms with E-state index in [1.54, 1.807) is 0 Å². The van der Waals surface area contributed by atoms with E-state index in [9.17, 15) is 0 Å². The standard InChI is InChI=1S/C14H25N3/c1-4-17(11-7-8-13(2)15-3)12-14-9-5-6-10-16-14/h5-6,9-10,13,15H,4,7-8,11-12H2,1-3H3. The van der Waals surface area contributed by atoms with Gasteiger partial charge in [0.2, 0.25) is 0 Å². The molecular weight excluding hydrogens is 210 g/mol. The Morgan fingerprint density at radius 1 is 1.41 bits per heavy atom. The largest absolute Gasteiger partial charge is 0.317 e. The Hall–Kier alpha value is -0.930. The number of pyridine rings is 1. The van der Waals surface area contributed by atoms with Crippen LogP contribution in [0.4, 0.5) is 0 Å². The first-order valence-corrected chi connectivity index (χ1v) is 6.55. The molecule has 0 bridgehead atoms. The van der Waals surface area contributed by atoms with Crippen LogP contribution in [-0.2, 0) is 6.54 Å². The third kappa shape index (κ3) is 5.80. The lowest BCUT2D eigenvalue weighted by molar-refractivity contribution is 0.266. The van der Waals surface area contributed by atoms with Crippen LogP contribution in [0.5, 0.6) is 0 Å². The van der Waals surface area contributed by atoms with Crippen LogP contribution in [0, 0.1) is 0 Å². The van der Waals surface area contributed by atoms with Gasteiger partial charge in [0.15, 0.2) is 0 Å². The zero-order chi connectivity index (χ0) is 12.5. The lowest BCUT2D eigenvalue weighted by Gasteiger charge is -2.20. The molecule has 0 aliphatic rings. The van der Waals surface area contributed by atoms with Crippen LogP contribution in [-0.4, -0.2) is 36.1 Å². The van der Waals surface area contributed by atoms with Crippen molar-refractivity contribution >= 4 is 0 Å². The Labute approximate surface area is 105 Å². The molecule has 0 fully saturated rings. The number of aromatic nitrogens is 1. The van der Waals surface area contributed by atoms with Crippen molar-refractivity contribution in [2.75, 3.05) is 20.1 Å². The summed E-state index contributed by atoms with van der Waals surface area (Å²) in [5.41, 5.74) is 1.16. The first-order chi connectivity index (χ1) is 8.26. The summed E-state index contributed by atoms with van der Waals surface area (Å²) in [5.74, 6) is 0. The lowest BCUT2D eigenvalue weighted by atomic mass is 10.2. The van der Waals surface area contributed by atoms with E-state index in [0.717, 1.165) is 25.3 Å². The van der Waals surface area contributed by atoms with Crippen LogP contribution in [0.2, 0.25) is 0 Å². The highest BCUT2D eigenvalue weighted by Gasteiger charge is 2.05. The van der Waals surface area contributed by atoms with Gasteiger partial charge in [0.25, 0.3) is 0 Å². The van der Waals surface area contributed by atoms with Crippen LogP contribution in [0.3, 0.4) is 0 Å². The third-order valence-corrected chi connectivity index (χ3v) is 3.16. The maximum atomic E-state index is 4.37. The summed E-state index contributed by atoms with van der Waals surface area (Å²) in [6, 6.07) is 6.73. The van der Waals surface area contributed by atoms with E-state index in [1.165, 1.54) is 12.8 Å². The molecular formula is C14H25N3. The van der Waals surface area contributed by atoms with Gasteiger partial charge in [0, 0.05) is 18.8 Å². The van der Waals surface area contributed by atoms with Crippen molar-refractivity contribution in [2.45, 2.75) is 39.3 Å². The molecule has 0 spiro atoms. The predicted molar refractivity (Wildman–Crippen MR) is 72.9 cm³/mol. The molecule has 1 aromatic heterocycles. The Morgan fingerprint density at radius 3 is 2.82 bits per heavy atom. The second-order valence-corrected chi connectivity index (χ2v) is 4.52. The molecule has 96 valence electrons. The second kappa shape index (κ2) is 8.20. The predicted octanol–water partition coefficient (Wildman–Crippen LogP) is 2.29. The van der Waals surface area contributed by atoms with E-state index in [1.807, 2.05) is 19.3 Å². The van der Waals surface area contributed by atoms with Crippen LogP contribution in [0.25, 0.3) is 0 Å². The van der Waals surface area contributed by atoms with Gasteiger partial charge < -0.3 is 5.32 Å². The van der Waals surface area contributed by atoms with Crippen LogP contribution in [0.15, 0.2) is 24.4 Å². The maximum absolute atomic E-state index is 4.37. The lowest BCUT2D eigenvalue weighted by Crippen LogP contribution is -2.27. The maximum Gasteiger partial charge on any atom is 0.0543 e. The number of rotatable bonds is 8. The topological polar surface area (TPSA) is 28.2 Å². The van der Waals surface area contributed by atoms with Crippen LogP contribution in [0.1, 0.15) is 32.4 Å². The Morgan fingerprint density at radius 2 is 2.24 bits per heavy atom. The molecule has 0 aromatic carbocycles. The van der Waals surface area contributed by atoms with Gasteiger partial charge >= 0.3 is 0 Å². The van der Waals surface area contributed by atoms with Gasteiger partial charge in [-0.1, -0.05) is 13.0 Å². The molecule has 1 atom stereocenters. The average molecular weight is 235 g/mol. The van der Waals surface area contributed by atoms with Gasteiger partial charge in [-0.2, -0.15) is 0 Å². The summed E-state index contributed by atoms with van der Waals surface area (Å²) in [6.07, 6.45) is 4.34. The van der Waals surface area contributed by atoms with Crippen molar-refractivity contribution in [1.29, 1.82) is 0 Å². The fraction of sp³-hybridized carbons (Fsp3) is 0.643. The Balaban J connectivity index is 2.29. The summed E-state index contributed by atoms with van der Waals surface area (Å²) in [5, 5.41) is 3.28. The van der Waals surface area contributed by atoms with Gasteiger partial charge in [-0.05, 0) is 52.0 Å². The molecule has 3 nitrogen and oxygen atoms in total. The van der Waals surface area contributed by atoms with E-state index in [4.69, 9.17) is 0 Å². The highest BCUT2D eigenvalue weighted by Crippen LogP contribution is 2.04. The molecule has 0 aliphatic carbocycles. The summed E-state index contributed by atoms with van der Waals surface area (Å²) >= 11 is 0. The van der Waals surface area contributed by atoms with Gasteiger partial charge in [-0.3, -0.25) is 9.88 Å². The zero-order valence-corrected chi connectivity index (χ0v) is 11.3. The van der Waals surface area contributed by atoms with Crippen molar-refractivity contribution < 1.29 is 0 Å². The SMILES string of the molecule is CCN(CCCC(C)NC)Cc1ccccn1. The number of nitrogens with one attached hydrogen (secondary N) is 1. The molecule has 1 rings (SSSR count). The fourth-order valence-corrected chi connectivity index (χ4v) is 1.84. The molecule has 1 heterocycles. The first kappa shape index (κ1) is 14.1. The minimum absolute atomic E-state index is 0.614. The molecule has 0 aliphatic heterocycles. The van der Waals surface area contributed by atoms with E-state index in [2.05, 4.69) is 41.2 Å². The summed E-state index contributed by atoms with van der Waals surface area (Å²) in [6.45, 7) is 7.65. The van der Waals surface area contributed by atoms with Gasteiger partial charge in [0.05, 0.1) is 5.69 Å². The number of hydrogen-bond acceptors (Lipinski definition) is 3. The average Bonchev–Trinajstić information content (AvgIpc) is 2.38. The Kier molecular flexibility index (Phi) is 6.82. The Bertz CT molecular complexity index is 287. The quantitative estimate of drug-likeness (QED) is 0.749. The van der Waals surface area contributed by atoms with Crippen molar-refractivity contribution in [3.63, 3.8) is 0 Å². The summed E-state index contributed by atoms with van der Waals surface area (Å²) < 4.78 is 0. The second-order valence-electron chi connectivity index (χ2n) is 4.52. The monoisotopic (exact) mass is 235 g/mol. The molecule has 0 radical (unpaired) electrons. The number of hydrogen-bond donors (Lipinski definition) is 1. The fourth-order valence-electron chi connectivity index (χ4n) is 1.84. The molecule has 1 N–H and O–H groups in total. The molecule has 17 heavy (non-hydrogen) atoms. The van der Waals surface area contributed by atoms with E-state index in [-0.39, 0.29) is 0 Å². The summed E-state index contributed by atoms with van der Waals surface area (Å²) in [4.78, 5) is 6.82. The molecule has 0 amide bonds. The number of nitrogens with zero attached hydrogens (tertiary/aromatic N) is 2. The highest BCUT2D eigenvalue weighted by molar-refractivity contribution is 5.03. The highest BCUT2D eigenvalue weighted by atomic mass is 15.1. The van der Waals surface area contributed by atoms with Crippen molar-refractivity contribution in [3.8, 4) is 0 Å². The van der Waals surface area contributed by atoms with Gasteiger partial charge in [-0.15, -0.1) is 0 Å². The van der Waals surface area contributed by atoms with Gasteiger partial charge in [-0.25, -0.2) is 0 Å². The molecule has 0 saturated carbocycles. The van der Waals surface area contributed by atoms with E-state index in [0.29, 0.717) is 6.04 Å². The molecule has 1 aromatic rings. The smallest absolute Gasteiger partial charge is 0.0543 e. The van der Waals surface area contributed by atoms with E-state index >= 15 is 0 Å². The minimum atomic E-state index is 0.614. The van der Waals surface area contributed by atoms with Gasteiger partial charge in [0.1, 0.15) is 0 Å². The summed E-state index contributed by atoms with van der Waals surface area (Å²) in [7, 11) is 2.02. The molecule has 3 heteroatoms.